The Kier molecular flexibility index (Phi) is 5.51. The fourth-order valence-corrected chi connectivity index (χ4v) is 6.47. The molecule has 31 heavy (non-hydrogen) atoms. The van der Waals surface area contributed by atoms with E-state index in [1.807, 2.05) is 18.0 Å². The van der Waals surface area contributed by atoms with Crippen LogP contribution in [0.2, 0.25) is 0 Å². The van der Waals surface area contributed by atoms with Crippen LogP contribution in [-0.2, 0) is 32.0 Å². The Labute approximate surface area is 183 Å². The molecule has 0 radical (unpaired) electrons. The van der Waals surface area contributed by atoms with Gasteiger partial charge >= 0.3 is 0 Å². The van der Waals surface area contributed by atoms with E-state index in [4.69, 9.17) is 9.47 Å². The Balaban J connectivity index is 1.34. The third-order valence-electron chi connectivity index (χ3n) is 8.06. The van der Waals surface area contributed by atoms with Gasteiger partial charge in [-0.2, -0.15) is 0 Å². The molecule has 1 aromatic rings. The minimum Gasteiger partial charge on any atom is -0.379 e. The largest absolute Gasteiger partial charge is 0.379 e. The molecule has 3 fully saturated rings. The van der Waals surface area contributed by atoms with E-state index in [1.54, 1.807) is 7.11 Å². The number of nitrogens with one attached hydrogen (secondary N) is 1. The Bertz CT molecular complexity index is 874. The minimum absolute atomic E-state index is 0.0254. The molecule has 0 spiro atoms. The van der Waals surface area contributed by atoms with E-state index in [1.165, 1.54) is 0 Å². The number of hydrogen-bond donors (Lipinski definition) is 1. The number of pyridine rings is 1. The second kappa shape index (κ2) is 8.17. The zero-order valence-electron chi connectivity index (χ0n) is 18.6. The maximum atomic E-state index is 13.9. The van der Waals surface area contributed by atoms with Crippen molar-refractivity contribution in [3.63, 3.8) is 0 Å². The lowest BCUT2D eigenvalue weighted by atomic mass is 9.77. The van der Waals surface area contributed by atoms with Gasteiger partial charge in [-0.05, 0) is 61.5 Å². The van der Waals surface area contributed by atoms with Crippen molar-refractivity contribution in [2.75, 3.05) is 33.4 Å². The van der Waals surface area contributed by atoms with E-state index in [-0.39, 0.29) is 23.8 Å². The number of carbonyl (C=O) groups excluding carboxylic acids is 2. The number of amides is 2. The molecule has 0 bridgehead atoms. The Morgan fingerprint density at radius 2 is 2.32 bits per heavy atom. The summed E-state index contributed by atoms with van der Waals surface area (Å²) < 4.78 is 11.2. The van der Waals surface area contributed by atoms with Crippen molar-refractivity contribution >= 4 is 11.8 Å². The summed E-state index contributed by atoms with van der Waals surface area (Å²) in [6.45, 7) is 5.25. The summed E-state index contributed by atoms with van der Waals surface area (Å²) in [6, 6.07) is 2.12. The number of rotatable bonds is 4. The lowest BCUT2D eigenvalue weighted by Crippen LogP contribution is -2.50. The van der Waals surface area contributed by atoms with Gasteiger partial charge in [-0.1, -0.05) is 6.07 Å². The van der Waals surface area contributed by atoms with Gasteiger partial charge in [0, 0.05) is 51.7 Å². The minimum atomic E-state index is -0.896. The molecule has 2 saturated heterocycles. The predicted octanol–water partition coefficient (Wildman–Crippen LogP) is 1.86. The highest BCUT2D eigenvalue weighted by molar-refractivity contribution is 6.07. The van der Waals surface area contributed by atoms with E-state index in [9.17, 15) is 9.59 Å². The van der Waals surface area contributed by atoms with Gasteiger partial charge in [0.05, 0.1) is 12.7 Å². The van der Waals surface area contributed by atoms with Gasteiger partial charge in [0.1, 0.15) is 5.41 Å². The summed E-state index contributed by atoms with van der Waals surface area (Å²) >= 11 is 0. The molecule has 1 saturated carbocycles. The molecule has 7 nitrogen and oxygen atoms in total. The second-order valence-corrected chi connectivity index (χ2v) is 9.91. The summed E-state index contributed by atoms with van der Waals surface area (Å²) in [5.41, 5.74) is 2.40. The fraction of sp³-hybridized carbons (Fsp3) is 0.708. The Morgan fingerprint density at radius 1 is 1.45 bits per heavy atom. The molecule has 5 rings (SSSR count). The first-order valence-corrected chi connectivity index (χ1v) is 11.6. The predicted molar refractivity (Wildman–Crippen MR) is 114 cm³/mol. The first-order chi connectivity index (χ1) is 15.0. The van der Waals surface area contributed by atoms with E-state index >= 15 is 0 Å². The number of hydrogen-bond acceptors (Lipinski definition) is 5. The zero-order chi connectivity index (χ0) is 21.6. The second-order valence-electron chi connectivity index (χ2n) is 9.91. The molecule has 7 heteroatoms. The third kappa shape index (κ3) is 3.55. The highest BCUT2D eigenvalue weighted by Gasteiger charge is 2.62. The number of aromatic nitrogens is 1. The van der Waals surface area contributed by atoms with Crippen LogP contribution < -0.4 is 5.32 Å². The van der Waals surface area contributed by atoms with E-state index in [0.29, 0.717) is 44.5 Å². The molecule has 168 valence electrons. The van der Waals surface area contributed by atoms with Gasteiger partial charge in [0.15, 0.2) is 0 Å². The summed E-state index contributed by atoms with van der Waals surface area (Å²) in [5, 5.41) is 3.01. The van der Waals surface area contributed by atoms with Gasteiger partial charge in [-0.15, -0.1) is 0 Å². The van der Waals surface area contributed by atoms with E-state index < -0.39 is 5.41 Å². The van der Waals surface area contributed by atoms with Crippen molar-refractivity contribution in [3.05, 3.63) is 29.1 Å². The first kappa shape index (κ1) is 20.9. The van der Waals surface area contributed by atoms with Gasteiger partial charge < -0.3 is 19.7 Å². The number of carbonyl (C=O) groups is 2. The van der Waals surface area contributed by atoms with Gasteiger partial charge in [0.25, 0.3) is 0 Å². The molecule has 0 aromatic carbocycles. The standard InChI is InChI=1S/C24H33N3O4/c1-15-7-18-13-27(5-3-20(18)25-11-15)23(29)24-10-16(9-19(24)12-26-22(24)28)8-17-4-6-31-14-21(17)30-2/h7,11,16-17,19,21H,3-6,8-10,12-14H2,1-2H3,(H,26,28)/t16-,17?,19+,21?,24-/m1/s1. The van der Waals surface area contributed by atoms with Crippen molar-refractivity contribution in [1.29, 1.82) is 0 Å². The smallest absolute Gasteiger partial charge is 0.238 e. The molecular weight excluding hydrogens is 394 g/mol. The average molecular weight is 428 g/mol. The number of nitrogens with zero attached hydrogens (tertiary/aromatic N) is 2. The van der Waals surface area contributed by atoms with Gasteiger partial charge in [-0.3, -0.25) is 14.6 Å². The molecule has 5 atom stereocenters. The quantitative estimate of drug-likeness (QED) is 0.742. The van der Waals surface area contributed by atoms with E-state index in [2.05, 4.69) is 16.4 Å². The van der Waals surface area contributed by atoms with Crippen molar-refractivity contribution in [3.8, 4) is 0 Å². The number of fused-ring (bicyclic) bond motifs is 2. The number of aryl methyl sites for hydroxylation is 1. The molecule has 4 heterocycles. The third-order valence-corrected chi connectivity index (χ3v) is 8.06. The number of ether oxygens (including phenoxy) is 2. The zero-order valence-corrected chi connectivity index (χ0v) is 18.6. The van der Waals surface area contributed by atoms with Crippen LogP contribution in [-0.4, -0.2) is 61.2 Å². The molecule has 1 aliphatic carbocycles. The molecule has 2 amide bonds. The summed E-state index contributed by atoms with van der Waals surface area (Å²) in [5.74, 6) is 0.872. The van der Waals surface area contributed by atoms with Crippen LogP contribution in [0, 0.1) is 30.1 Å². The normalized spacial score (nSPS) is 34.9. The fourth-order valence-electron chi connectivity index (χ4n) is 6.47. The molecular formula is C24H33N3O4. The molecule has 1 N–H and O–H groups in total. The van der Waals surface area contributed by atoms with Crippen LogP contribution in [0.3, 0.4) is 0 Å². The van der Waals surface area contributed by atoms with Crippen LogP contribution in [0.4, 0.5) is 0 Å². The van der Waals surface area contributed by atoms with Crippen LogP contribution in [0.15, 0.2) is 12.3 Å². The Morgan fingerprint density at radius 3 is 3.16 bits per heavy atom. The molecule has 2 unspecified atom stereocenters. The van der Waals surface area contributed by atoms with Crippen molar-refractivity contribution in [2.45, 2.75) is 51.7 Å². The van der Waals surface area contributed by atoms with Crippen LogP contribution >= 0.6 is 0 Å². The maximum absolute atomic E-state index is 13.9. The van der Waals surface area contributed by atoms with E-state index in [0.717, 1.165) is 49.1 Å². The van der Waals surface area contributed by atoms with Gasteiger partial charge in [-0.25, -0.2) is 0 Å². The van der Waals surface area contributed by atoms with Crippen molar-refractivity contribution < 1.29 is 19.1 Å². The first-order valence-electron chi connectivity index (χ1n) is 11.6. The highest BCUT2D eigenvalue weighted by Crippen LogP contribution is 2.53. The maximum Gasteiger partial charge on any atom is 0.238 e. The van der Waals surface area contributed by atoms with Gasteiger partial charge in [0.2, 0.25) is 11.8 Å². The van der Waals surface area contributed by atoms with Crippen molar-refractivity contribution in [2.24, 2.45) is 23.2 Å². The monoisotopic (exact) mass is 427 g/mol. The molecule has 4 aliphatic rings. The lowest BCUT2D eigenvalue weighted by Gasteiger charge is -2.36. The average Bonchev–Trinajstić information content (AvgIpc) is 3.29. The van der Waals surface area contributed by atoms with Crippen LogP contribution in [0.1, 0.15) is 42.5 Å². The summed E-state index contributed by atoms with van der Waals surface area (Å²) in [6.07, 6.45) is 6.35. The van der Waals surface area contributed by atoms with Crippen molar-refractivity contribution in [1.82, 2.24) is 15.2 Å². The lowest BCUT2D eigenvalue weighted by molar-refractivity contribution is -0.151. The number of methoxy groups -OCH3 is 1. The Hall–Kier alpha value is -1.99. The SMILES string of the molecule is COC1COCCC1C[C@@H]1C[C@H]2CNC(=O)[C@@]2(C(=O)N2CCc3ncc(C)cc3C2)C1. The molecule has 1 aromatic heterocycles. The summed E-state index contributed by atoms with van der Waals surface area (Å²) in [4.78, 5) is 33.4. The topological polar surface area (TPSA) is 80.8 Å². The summed E-state index contributed by atoms with van der Waals surface area (Å²) in [7, 11) is 1.75. The molecule has 3 aliphatic heterocycles. The highest BCUT2D eigenvalue weighted by atomic mass is 16.5. The van der Waals surface area contributed by atoms with Crippen LogP contribution in [0.25, 0.3) is 0 Å². The van der Waals surface area contributed by atoms with Crippen LogP contribution in [0.5, 0.6) is 0 Å².